The van der Waals surface area contributed by atoms with E-state index in [4.69, 9.17) is 12.2 Å². The fraction of sp³-hybridized carbons (Fsp3) is 0.529. The summed E-state index contributed by atoms with van der Waals surface area (Å²) < 4.78 is 0. The van der Waals surface area contributed by atoms with Gasteiger partial charge in [0.05, 0.1) is 5.71 Å². The first-order valence-electron chi connectivity index (χ1n) is 7.53. The molecule has 0 atom stereocenters. The van der Waals surface area contributed by atoms with Gasteiger partial charge in [-0.25, -0.2) is 0 Å². The van der Waals surface area contributed by atoms with Gasteiger partial charge in [-0.3, -0.25) is 5.43 Å². The van der Waals surface area contributed by atoms with Crippen LogP contribution in [0, 0.1) is 0 Å². The summed E-state index contributed by atoms with van der Waals surface area (Å²) in [7, 11) is 0. The van der Waals surface area contributed by atoms with Crippen molar-refractivity contribution >= 4 is 23.0 Å². The van der Waals surface area contributed by atoms with Crippen molar-refractivity contribution in [2.75, 3.05) is 6.54 Å². The highest BCUT2D eigenvalue weighted by molar-refractivity contribution is 7.80. The normalized spacial score (nSPS) is 12.1. The highest BCUT2D eigenvalue weighted by atomic mass is 32.1. The number of benzene rings is 1. The molecule has 21 heavy (non-hydrogen) atoms. The van der Waals surface area contributed by atoms with E-state index >= 15 is 0 Å². The lowest BCUT2D eigenvalue weighted by Crippen LogP contribution is -2.33. The van der Waals surface area contributed by atoms with Crippen molar-refractivity contribution in [2.24, 2.45) is 5.10 Å². The van der Waals surface area contributed by atoms with Crippen LogP contribution in [0.2, 0.25) is 0 Å². The number of nitrogens with one attached hydrogen (secondary N) is 2. The van der Waals surface area contributed by atoms with E-state index in [0.717, 1.165) is 30.7 Å². The molecule has 0 aliphatic carbocycles. The summed E-state index contributed by atoms with van der Waals surface area (Å²) in [6.07, 6.45) is 2.26. The Morgan fingerprint density at radius 1 is 1.19 bits per heavy atom. The molecule has 0 heterocycles. The third kappa shape index (κ3) is 6.25. The van der Waals surface area contributed by atoms with Gasteiger partial charge in [0.2, 0.25) is 0 Å². The van der Waals surface area contributed by atoms with Crippen LogP contribution >= 0.6 is 12.2 Å². The number of hydrazone groups is 1. The standard InChI is InChI=1S/C17H27N3S/c1-6-7-12-18-16(21)20-19-13(2)14-8-10-15(11-9-14)17(3,4)5/h8-11H,6-7,12H2,1-5H3,(H2,18,20,21)/b19-13-. The van der Waals surface area contributed by atoms with Crippen molar-refractivity contribution in [3.63, 3.8) is 0 Å². The third-order valence-electron chi connectivity index (χ3n) is 3.31. The molecule has 1 rings (SSSR count). The number of hydrogen-bond acceptors (Lipinski definition) is 2. The van der Waals surface area contributed by atoms with Gasteiger partial charge < -0.3 is 5.32 Å². The van der Waals surface area contributed by atoms with Gasteiger partial charge in [0.25, 0.3) is 0 Å². The minimum absolute atomic E-state index is 0.173. The molecular weight excluding hydrogens is 278 g/mol. The Morgan fingerprint density at radius 2 is 1.81 bits per heavy atom. The molecule has 0 fully saturated rings. The summed E-state index contributed by atoms with van der Waals surface area (Å²) in [4.78, 5) is 0. The van der Waals surface area contributed by atoms with Crippen molar-refractivity contribution in [3.05, 3.63) is 35.4 Å². The minimum atomic E-state index is 0.173. The lowest BCUT2D eigenvalue weighted by Gasteiger charge is -2.19. The largest absolute Gasteiger partial charge is 0.361 e. The maximum absolute atomic E-state index is 5.18. The number of thiocarbonyl (C=S) groups is 1. The van der Waals surface area contributed by atoms with Gasteiger partial charge in [-0.2, -0.15) is 5.10 Å². The first kappa shape index (κ1) is 17.6. The van der Waals surface area contributed by atoms with Crippen molar-refractivity contribution < 1.29 is 0 Å². The monoisotopic (exact) mass is 305 g/mol. The van der Waals surface area contributed by atoms with Crippen LogP contribution in [0.5, 0.6) is 0 Å². The van der Waals surface area contributed by atoms with Gasteiger partial charge in [0, 0.05) is 6.54 Å². The second-order valence-corrected chi connectivity index (χ2v) is 6.65. The lowest BCUT2D eigenvalue weighted by molar-refractivity contribution is 0.590. The quantitative estimate of drug-likeness (QED) is 0.374. The molecule has 0 saturated carbocycles. The zero-order valence-corrected chi connectivity index (χ0v) is 14.6. The second kappa shape index (κ2) is 8.13. The van der Waals surface area contributed by atoms with E-state index < -0.39 is 0 Å². The Morgan fingerprint density at radius 3 is 2.33 bits per heavy atom. The summed E-state index contributed by atoms with van der Waals surface area (Å²) in [5.41, 5.74) is 6.42. The Bertz CT molecular complexity index is 484. The molecule has 1 aromatic rings. The average Bonchev–Trinajstić information content (AvgIpc) is 2.44. The van der Waals surface area contributed by atoms with Crippen molar-refractivity contribution in [1.29, 1.82) is 0 Å². The first-order valence-corrected chi connectivity index (χ1v) is 7.94. The van der Waals surface area contributed by atoms with Crippen molar-refractivity contribution in [2.45, 2.75) is 52.9 Å². The van der Waals surface area contributed by atoms with Gasteiger partial charge in [-0.05, 0) is 42.1 Å². The summed E-state index contributed by atoms with van der Waals surface area (Å²) >= 11 is 5.18. The number of rotatable bonds is 5. The van der Waals surface area contributed by atoms with E-state index in [1.165, 1.54) is 5.56 Å². The highest BCUT2D eigenvalue weighted by Gasteiger charge is 2.13. The van der Waals surface area contributed by atoms with E-state index in [9.17, 15) is 0 Å². The fourth-order valence-electron chi connectivity index (χ4n) is 1.83. The van der Waals surface area contributed by atoms with Crippen LogP contribution in [0.4, 0.5) is 0 Å². The highest BCUT2D eigenvalue weighted by Crippen LogP contribution is 2.22. The average molecular weight is 305 g/mol. The Balaban J connectivity index is 2.60. The fourth-order valence-corrected chi connectivity index (χ4v) is 1.98. The van der Waals surface area contributed by atoms with Crippen molar-refractivity contribution in [1.82, 2.24) is 10.7 Å². The predicted molar refractivity (Wildman–Crippen MR) is 96.0 cm³/mol. The van der Waals surface area contributed by atoms with Gasteiger partial charge in [-0.1, -0.05) is 58.4 Å². The Kier molecular flexibility index (Phi) is 6.82. The zero-order chi connectivity index (χ0) is 15.9. The van der Waals surface area contributed by atoms with E-state index in [0.29, 0.717) is 5.11 Å². The molecular formula is C17H27N3S. The zero-order valence-electron chi connectivity index (χ0n) is 13.8. The molecule has 0 radical (unpaired) electrons. The van der Waals surface area contributed by atoms with Gasteiger partial charge in [0.1, 0.15) is 0 Å². The van der Waals surface area contributed by atoms with E-state index in [1.54, 1.807) is 0 Å². The molecule has 0 bridgehead atoms. The van der Waals surface area contributed by atoms with Crippen molar-refractivity contribution in [3.8, 4) is 0 Å². The van der Waals surface area contributed by atoms with Gasteiger partial charge >= 0.3 is 0 Å². The Hall–Kier alpha value is -1.42. The summed E-state index contributed by atoms with van der Waals surface area (Å²) in [5.74, 6) is 0. The van der Waals surface area contributed by atoms with Crippen LogP contribution in [0.1, 0.15) is 58.6 Å². The van der Waals surface area contributed by atoms with Crippen LogP contribution in [0.25, 0.3) is 0 Å². The third-order valence-corrected chi connectivity index (χ3v) is 3.55. The predicted octanol–water partition coefficient (Wildman–Crippen LogP) is 3.97. The molecule has 4 heteroatoms. The van der Waals surface area contributed by atoms with Crippen LogP contribution in [0.3, 0.4) is 0 Å². The van der Waals surface area contributed by atoms with Crippen LogP contribution in [0.15, 0.2) is 29.4 Å². The lowest BCUT2D eigenvalue weighted by atomic mass is 9.86. The summed E-state index contributed by atoms with van der Waals surface area (Å²) in [6.45, 7) is 11.7. The number of hydrogen-bond donors (Lipinski definition) is 2. The van der Waals surface area contributed by atoms with Crippen LogP contribution in [-0.2, 0) is 5.41 Å². The molecule has 0 amide bonds. The first-order chi connectivity index (χ1) is 9.84. The molecule has 0 aliphatic heterocycles. The molecule has 0 unspecified atom stereocenters. The molecule has 0 saturated heterocycles. The topological polar surface area (TPSA) is 36.4 Å². The van der Waals surface area contributed by atoms with E-state index in [2.05, 4.69) is 67.8 Å². The number of nitrogens with zero attached hydrogens (tertiary/aromatic N) is 1. The SMILES string of the molecule is CCCCNC(=S)N/N=C(/C)c1ccc(C(C)(C)C)cc1. The molecule has 0 aliphatic rings. The van der Waals surface area contributed by atoms with Gasteiger partial charge in [-0.15, -0.1) is 0 Å². The Labute approximate surface area is 134 Å². The second-order valence-electron chi connectivity index (χ2n) is 6.25. The smallest absolute Gasteiger partial charge is 0.186 e. The van der Waals surface area contributed by atoms with E-state index in [-0.39, 0.29) is 5.41 Å². The summed E-state index contributed by atoms with van der Waals surface area (Å²) in [6, 6.07) is 8.53. The summed E-state index contributed by atoms with van der Waals surface area (Å²) in [5, 5.41) is 8.04. The molecule has 116 valence electrons. The molecule has 1 aromatic carbocycles. The minimum Gasteiger partial charge on any atom is -0.361 e. The maximum Gasteiger partial charge on any atom is 0.186 e. The van der Waals surface area contributed by atoms with E-state index in [1.807, 2.05) is 6.92 Å². The molecule has 0 spiro atoms. The molecule has 0 aromatic heterocycles. The van der Waals surface area contributed by atoms with Crippen LogP contribution in [-0.4, -0.2) is 17.4 Å². The molecule has 3 nitrogen and oxygen atoms in total. The molecule has 2 N–H and O–H groups in total. The van der Waals surface area contributed by atoms with Gasteiger partial charge in [0.15, 0.2) is 5.11 Å². The number of unbranched alkanes of at least 4 members (excludes halogenated alkanes) is 1. The van der Waals surface area contributed by atoms with Crippen LogP contribution < -0.4 is 10.7 Å². The maximum atomic E-state index is 5.18.